The molecule has 2 fully saturated rings. The number of carbonyl (C=O) groups excluding carboxylic acids is 2. The molecule has 2 N–H and O–H groups in total. The highest BCUT2D eigenvalue weighted by Gasteiger charge is 2.54. The minimum atomic E-state index is -0.741. The highest BCUT2D eigenvalue weighted by molar-refractivity contribution is 5.88. The van der Waals surface area contributed by atoms with Crippen molar-refractivity contribution in [3.63, 3.8) is 0 Å². The van der Waals surface area contributed by atoms with Crippen LogP contribution in [0.25, 0.3) is 0 Å². The van der Waals surface area contributed by atoms with Crippen molar-refractivity contribution in [1.82, 2.24) is 9.80 Å². The molecule has 7 nitrogen and oxygen atoms in total. The van der Waals surface area contributed by atoms with Gasteiger partial charge in [-0.15, -0.1) is 0 Å². The Morgan fingerprint density at radius 1 is 1.26 bits per heavy atom. The molecule has 1 aromatic carbocycles. The summed E-state index contributed by atoms with van der Waals surface area (Å²) in [5.41, 5.74) is 0.546. The second-order valence-electron chi connectivity index (χ2n) is 8.14. The normalized spacial score (nSPS) is 27.0. The highest BCUT2D eigenvalue weighted by atomic mass is 16.6. The van der Waals surface area contributed by atoms with Gasteiger partial charge < -0.3 is 19.8 Å². The smallest absolute Gasteiger partial charge is 0.410 e. The summed E-state index contributed by atoms with van der Waals surface area (Å²) in [5, 5.41) is 19.4. The molecule has 0 bridgehead atoms. The standard InChI is InChI=1S/C20H28N2O5/c1-20(2)13-22(19(26)27-12-14-6-4-3-5-7-14)17(20)18(25)21-9-8-15(11-23)16(24)10-21/h3-7,15-17,23-24H,8-13H2,1-2H3. The van der Waals surface area contributed by atoms with Gasteiger partial charge in [0.15, 0.2) is 0 Å². The molecule has 27 heavy (non-hydrogen) atoms. The van der Waals surface area contributed by atoms with E-state index in [1.807, 2.05) is 44.2 Å². The molecule has 1 aromatic rings. The SMILES string of the molecule is CC1(C)CN(C(=O)OCc2ccccc2)C1C(=O)N1CCC(CO)C(O)C1. The van der Waals surface area contributed by atoms with Crippen LogP contribution >= 0.6 is 0 Å². The minimum Gasteiger partial charge on any atom is -0.445 e. The third-order valence-electron chi connectivity index (χ3n) is 5.57. The van der Waals surface area contributed by atoms with Crippen molar-refractivity contribution in [2.24, 2.45) is 11.3 Å². The fourth-order valence-electron chi connectivity index (χ4n) is 3.93. The average molecular weight is 376 g/mol. The van der Waals surface area contributed by atoms with Gasteiger partial charge in [0.2, 0.25) is 5.91 Å². The summed E-state index contributed by atoms with van der Waals surface area (Å²) >= 11 is 0. The van der Waals surface area contributed by atoms with Crippen molar-refractivity contribution in [2.75, 3.05) is 26.2 Å². The zero-order chi connectivity index (χ0) is 19.6. The van der Waals surface area contributed by atoms with E-state index in [1.165, 1.54) is 4.90 Å². The van der Waals surface area contributed by atoms with E-state index in [1.54, 1.807) is 4.90 Å². The number of nitrogens with zero attached hydrogens (tertiary/aromatic N) is 2. The van der Waals surface area contributed by atoms with Gasteiger partial charge in [0, 0.05) is 37.6 Å². The summed E-state index contributed by atoms with van der Waals surface area (Å²) in [6.45, 7) is 5.09. The first-order chi connectivity index (χ1) is 12.8. The molecule has 3 rings (SSSR count). The van der Waals surface area contributed by atoms with Gasteiger partial charge in [0.1, 0.15) is 12.6 Å². The molecule has 3 unspecified atom stereocenters. The van der Waals surface area contributed by atoms with E-state index in [-0.39, 0.29) is 37.0 Å². The molecule has 2 heterocycles. The molecule has 0 aliphatic carbocycles. The topological polar surface area (TPSA) is 90.3 Å². The number of hydrogen-bond donors (Lipinski definition) is 2. The Morgan fingerprint density at radius 2 is 1.96 bits per heavy atom. The molecule has 2 saturated heterocycles. The Kier molecular flexibility index (Phi) is 5.72. The lowest BCUT2D eigenvalue weighted by Gasteiger charge is -2.53. The summed E-state index contributed by atoms with van der Waals surface area (Å²) in [6, 6.07) is 8.81. The number of aliphatic hydroxyl groups excluding tert-OH is 2. The quantitative estimate of drug-likeness (QED) is 0.825. The van der Waals surface area contributed by atoms with Crippen LogP contribution < -0.4 is 0 Å². The van der Waals surface area contributed by atoms with Crippen LogP contribution in [0.4, 0.5) is 4.79 Å². The van der Waals surface area contributed by atoms with Gasteiger partial charge in [0.05, 0.1) is 6.10 Å². The van der Waals surface area contributed by atoms with E-state index in [2.05, 4.69) is 0 Å². The van der Waals surface area contributed by atoms with E-state index < -0.39 is 18.2 Å². The molecule has 0 saturated carbocycles. The Labute approximate surface area is 159 Å². The molecular formula is C20H28N2O5. The molecule has 2 amide bonds. The van der Waals surface area contributed by atoms with Crippen LogP contribution in [0.1, 0.15) is 25.8 Å². The molecule has 7 heteroatoms. The third kappa shape index (κ3) is 4.09. The van der Waals surface area contributed by atoms with Crippen LogP contribution in [0.2, 0.25) is 0 Å². The fourth-order valence-corrected chi connectivity index (χ4v) is 3.93. The van der Waals surface area contributed by atoms with E-state index in [4.69, 9.17) is 4.74 Å². The molecule has 2 aliphatic heterocycles. The summed E-state index contributed by atoms with van der Waals surface area (Å²) < 4.78 is 5.38. The summed E-state index contributed by atoms with van der Waals surface area (Å²) in [5.74, 6) is -0.367. The summed E-state index contributed by atoms with van der Waals surface area (Å²) in [4.78, 5) is 28.6. The Hall–Kier alpha value is -2.12. The number of β-amino-alcohol motifs (C(OH)–C–C–N with tert-alkyl or cyclic N) is 1. The van der Waals surface area contributed by atoms with Gasteiger partial charge in [-0.2, -0.15) is 0 Å². The van der Waals surface area contributed by atoms with Gasteiger partial charge in [0.25, 0.3) is 0 Å². The number of carbonyl (C=O) groups is 2. The largest absolute Gasteiger partial charge is 0.445 e. The average Bonchev–Trinajstić information content (AvgIpc) is 2.65. The highest BCUT2D eigenvalue weighted by Crippen LogP contribution is 2.39. The summed E-state index contributed by atoms with van der Waals surface area (Å²) in [6.07, 6.45) is -0.689. The molecule has 148 valence electrons. The van der Waals surface area contributed by atoms with Gasteiger partial charge in [-0.3, -0.25) is 9.69 Å². The number of aliphatic hydroxyl groups is 2. The first kappa shape index (κ1) is 19.6. The maximum absolute atomic E-state index is 13.0. The first-order valence-electron chi connectivity index (χ1n) is 9.38. The monoisotopic (exact) mass is 376 g/mol. The maximum Gasteiger partial charge on any atom is 0.410 e. The first-order valence-corrected chi connectivity index (χ1v) is 9.38. The van der Waals surface area contributed by atoms with Crippen molar-refractivity contribution in [3.8, 4) is 0 Å². The number of amides is 2. The lowest BCUT2D eigenvalue weighted by atomic mass is 9.74. The molecular weight excluding hydrogens is 348 g/mol. The lowest BCUT2D eigenvalue weighted by molar-refractivity contribution is -0.156. The number of likely N-dealkylation sites (tertiary alicyclic amines) is 2. The zero-order valence-corrected chi connectivity index (χ0v) is 15.9. The van der Waals surface area contributed by atoms with Gasteiger partial charge in [-0.25, -0.2) is 4.79 Å². The van der Waals surface area contributed by atoms with Gasteiger partial charge in [-0.05, 0) is 12.0 Å². The van der Waals surface area contributed by atoms with Crippen molar-refractivity contribution in [2.45, 2.75) is 39.0 Å². The molecule has 0 aromatic heterocycles. The van der Waals surface area contributed by atoms with E-state index in [0.717, 1.165) is 5.56 Å². The van der Waals surface area contributed by atoms with Crippen molar-refractivity contribution in [3.05, 3.63) is 35.9 Å². The Balaban J connectivity index is 1.62. The molecule has 0 spiro atoms. The van der Waals surface area contributed by atoms with Crippen LogP contribution in [-0.2, 0) is 16.1 Å². The Morgan fingerprint density at radius 3 is 2.56 bits per heavy atom. The lowest BCUT2D eigenvalue weighted by Crippen LogP contribution is -2.70. The number of benzene rings is 1. The van der Waals surface area contributed by atoms with E-state index in [0.29, 0.717) is 19.5 Å². The summed E-state index contributed by atoms with van der Waals surface area (Å²) in [7, 11) is 0. The van der Waals surface area contributed by atoms with Crippen LogP contribution in [0.5, 0.6) is 0 Å². The third-order valence-corrected chi connectivity index (χ3v) is 5.57. The Bertz CT molecular complexity index is 678. The predicted octanol–water partition coefficient (Wildman–Crippen LogP) is 1.24. The van der Waals surface area contributed by atoms with E-state index in [9.17, 15) is 19.8 Å². The number of rotatable bonds is 4. The second-order valence-corrected chi connectivity index (χ2v) is 8.14. The zero-order valence-electron chi connectivity index (χ0n) is 15.9. The second kappa shape index (κ2) is 7.86. The molecule has 0 radical (unpaired) electrons. The maximum atomic E-state index is 13.0. The van der Waals surface area contributed by atoms with Crippen LogP contribution in [-0.4, -0.2) is 70.4 Å². The fraction of sp³-hybridized carbons (Fsp3) is 0.600. The number of piperidine rings is 1. The van der Waals surface area contributed by atoms with Crippen LogP contribution in [0.15, 0.2) is 30.3 Å². The van der Waals surface area contributed by atoms with Crippen LogP contribution in [0, 0.1) is 11.3 Å². The van der Waals surface area contributed by atoms with Crippen molar-refractivity contribution < 1.29 is 24.5 Å². The number of ether oxygens (including phenoxy) is 1. The van der Waals surface area contributed by atoms with Crippen molar-refractivity contribution >= 4 is 12.0 Å². The number of hydrogen-bond acceptors (Lipinski definition) is 5. The van der Waals surface area contributed by atoms with E-state index >= 15 is 0 Å². The predicted molar refractivity (Wildman–Crippen MR) is 98.7 cm³/mol. The minimum absolute atomic E-state index is 0.0872. The van der Waals surface area contributed by atoms with Crippen LogP contribution in [0.3, 0.4) is 0 Å². The molecule has 3 atom stereocenters. The van der Waals surface area contributed by atoms with Gasteiger partial charge >= 0.3 is 6.09 Å². The molecule has 2 aliphatic rings. The van der Waals surface area contributed by atoms with Crippen molar-refractivity contribution in [1.29, 1.82) is 0 Å². The van der Waals surface area contributed by atoms with Gasteiger partial charge in [-0.1, -0.05) is 44.2 Å².